The van der Waals surface area contributed by atoms with Crippen molar-refractivity contribution >= 4 is 17.4 Å². The van der Waals surface area contributed by atoms with Crippen LogP contribution in [-0.2, 0) is 28.0 Å². The van der Waals surface area contributed by atoms with E-state index in [-0.39, 0.29) is 48.8 Å². The zero-order chi connectivity index (χ0) is 32.5. The molecular formula is C35H38N4O7. The number of carbonyl (C=O) groups is 2. The molecule has 240 valence electrons. The molecule has 46 heavy (non-hydrogen) atoms. The van der Waals surface area contributed by atoms with Crippen molar-refractivity contribution in [2.75, 3.05) is 5.32 Å². The lowest BCUT2D eigenvalue weighted by atomic mass is 9.72. The molecule has 4 aromatic rings. The van der Waals surface area contributed by atoms with Gasteiger partial charge in [0.2, 0.25) is 17.7 Å². The number of carbonyl (C=O) groups excluding carboxylic acids is 2. The zero-order valence-electron chi connectivity index (χ0n) is 26.5. The van der Waals surface area contributed by atoms with Gasteiger partial charge in [0.25, 0.3) is 0 Å². The van der Waals surface area contributed by atoms with Gasteiger partial charge in [-0.3, -0.25) is 9.59 Å². The van der Waals surface area contributed by atoms with E-state index in [4.69, 9.17) is 18.6 Å². The highest BCUT2D eigenvalue weighted by atomic mass is 16.5. The number of fused-ring (bicyclic) bond motifs is 4. The van der Waals surface area contributed by atoms with Gasteiger partial charge in [-0.1, -0.05) is 65.0 Å². The first-order chi connectivity index (χ1) is 21.9. The molecule has 1 spiro atoms. The molecule has 3 aliphatic rings. The van der Waals surface area contributed by atoms with Crippen molar-refractivity contribution in [2.24, 2.45) is 17.3 Å². The molecular weight excluding hydrogens is 588 g/mol. The van der Waals surface area contributed by atoms with E-state index in [0.29, 0.717) is 22.9 Å². The quantitative estimate of drug-likeness (QED) is 0.237. The van der Waals surface area contributed by atoms with Crippen molar-refractivity contribution in [3.8, 4) is 17.3 Å². The average Bonchev–Trinajstić information content (AvgIpc) is 3.78. The Morgan fingerprint density at radius 1 is 1.11 bits per heavy atom. The number of ketones is 1. The fourth-order valence-corrected chi connectivity index (χ4v) is 6.90. The number of Topliss-reactive ketones (excluding diaryl/α,β-unsaturated/α-hetero) is 1. The summed E-state index contributed by atoms with van der Waals surface area (Å²) in [5.41, 5.74) is 2.48. The fraction of sp³-hybridized carbons (Fsp3) is 0.429. The van der Waals surface area contributed by atoms with Crippen molar-refractivity contribution in [2.45, 2.75) is 77.9 Å². The Morgan fingerprint density at radius 3 is 2.61 bits per heavy atom. The van der Waals surface area contributed by atoms with Crippen molar-refractivity contribution in [1.29, 1.82) is 0 Å². The highest BCUT2D eigenvalue weighted by Gasteiger charge is 2.61. The Bertz CT molecular complexity index is 1840. The van der Waals surface area contributed by atoms with Crippen LogP contribution in [0.15, 0.2) is 57.6 Å². The molecule has 1 amide bonds. The highest BCUT2D eigenvalue weighted by Crippen LogP contribution is 2.59. The van der Waals surface area contributed by atoms with Crippen LogP contribution in [0.4, 0.5) is 5.69 Å². The lowest BCUT2D eigenvalue weighted by Crippen LogP contribution is -2.42. The van der Waals surface area contributed by atoms with Crippen LogP contribution in [0.1, 0.15) is 81.1 Å². The zero-order valence-corrected chi connectivity index (χ0v) is 26.5. The van der Waals surface area contributed by atoms with Crippen molar-refractivity contribution in [1.82, 2.24) is 15.3 Å². The van der Waals surface area contributed by atoms with Crippen molar-refractivity contribution in [3.63, 3.8) is 0 Å². The molecule has 11 nitrogen and oxygen atoms in total. The number of hydrogen-bond donors (Lipinski definition) is 4. The van der Waals surface area contributed by atoms with Crippen LogP contribution >= 0.6 is 0 Å². The average molecular weight is 627 g/mol. The third kappa shape index (κ3) is 4.63. The number of amides is 1. The first-order valence-electron chi connectivity index (χ1n) is 15.7. The van der Waals surface area contributed by atoms with E-state index in [9.17, 15) is 19.8 Å². The second kappa shape index (κ2) is 10.8. The summed E-state index contributed by atoms with van der Waals surface area (Å²) in [6.45, 7) is 9.15. The Morgan fingerprint density at radius 2 is 1.89 bits per heavy atom. The molecule has 2 aromatic carbocycles. The first-order valence-corrected chi connectivity index (χ1v) is 15.7. The number of hydrogen-bond acceptors (Lipinski definition) is 10. The molecule has 0 fully saturated rings. The Balaban J connectivity index is 1.49. The summed E-state index contributed by atoms with van der Waals surface area (Å²) in [6.07, 6.45) is -0.263. The summed E-state index contributed by atoms with van der Waals surface area (Å²) in [7, 11) is 0. The minimum atomic E-state index is -1.17. The monoisotopic (exact) mass is 626 g/mol. The number of nitrogens with one attached hydrogen (secondary N) is 2. The number of para-hydroxylation sites is 1. The van der Waals surface area contributed by atoms with Crippen LogP contribution < -0.4 is 15.4 Å². The van der Waals surface area contributed by atoms with Gasteiger partial charge < -0.3 is 34.4 Å². The first kappa shape index (κ1) is 30.2. The van der Waals surface area contributed by atoms with Gasteiger partial charge in [0, 0.05) is 23.6 Å². The number of ether oxygens (including phenoxy) is 1. The topological polar surface area (TPSA) is 160 Å². The van der Waals surface area contributed by atoms with Gasteiger partial charge >= 0.3 is 0 Å². The molecule has 0 aliphatic carbocycles. The Labute approximate surface area is 266 Å². The smallest absolute Gasteiger partial charge is 0.249 e. The molecule has 2 unspecified atom stereocenters. The molecule has 11 heteroatoms. The van der Waals surface area contributed by atoms with Crippen LogP contribution in [0.2, 0.25) is 0 Å². The molecule has 7 rings (SSSR count). The second-order valence-electron chi connectivity index (χ2n) is 13.9. The molecule has 0 saturated heterocycles. The van der Waals surface area contributed by atoms with Crippen molar-refractivity contribution < 1.29 is 33.4 Å². The lowest BCUT2D eigenvalue weighted by Gasteiger charge is -2.32. The predicted molar refractivity (Wildman–Crippen MR) is 167 cm³/mol. The normalized spacial score (nSPS) is 23.8. The number of nitrogens with zero attached hydrogens (tertiary/aromatic N) is 2. The molecule has 0 saturated carbocycles. The third-order valence-electron chi connectivity index (χ3n) is 9.33. The standard InChI is InChI=1S/C35H38N4O7/c1-17(2)27(42)24(41)14-19-12-18-10-11-25-22(13-18)35(21-8-6-7-9-23(21)37-33(35)45-25)29-26(31-36-20(15-40)16-44-31)38-32(46-29)28(34(3,4)5)39-30(19)43/h6-11,13,16-17,19,27-28,33,37,40,42H,12,14-15H2,1-5H3,(H,39,43)/t19?,27-,28+,33?,35-/m0/s1. The van der Waals surface area contributed by atoms with Gasteiger partial charge in [0.1, 0.15) is 35.3 Å². The number of aromatic nitrogens is 2. The predicted octanol–water partition coefficient (Wildman–Crippen LogP) is 4.65. The maximum absolute atomic E-state index is 14.1. The third-order valence-corrected chi connectivity index (χ3v) is 9.33. The second-order valence-corrected chi connectivity index (χ2v) is 13.9. The molecule has 5 atom stereocenters. The van der Waals surface area contributed by atoms with E-state index in [1.807, 2.05) is 63.2 Å². The van der Waals surface area contributed by atoms with Crippen molar-refractivity contribution in [3.05, 3.63) is 82.8 Å². The largest absolute Gasteiger partial charge is 0.469 e. The van der Waals surface area contributed by atoms with E-state index < -0.39 is 35.1 Å². The molecule has 3 aliphatic heterocycles. The number of aliphatic hydroxyl groups is 2. The number of benzene rings is 2. The summed E-state index contributed by atoms with van der Waals surface area (Å²) in [4.78, 5) is 36.8. The van der Waals surface area contributed by atoms with Gasteiger partial charge in [-0.2, -0.15) is 0 Å². The number of oxazole rings is 2. The highest BCUT2D eigenvalue weighted by molar-refractivity contribution is 5.89. The van der Waals surface area contributed by atoms with Gasteiger partial charge in [-0.05, 0) is 41.0 Å². The minimum Gasteiger partial charge on any atom is -0.469 e. The molecule has 5 heterocycles. The summed E-state index contributed by atoms with van der Waals surface area (Å²) >= 11 is 0. The minimum absolute atomic E-state index is 0.129. The molecule has 4 N–H and O–H groups in total. The van der Waals surface area contributed by atoms with Gasteiger partial charge in [0.05, 0.1) is 6.61 Å². The Hall–Kier alpha value is -4.48. The number of aliphatic hydroxyl groups excluding tert-OH is 2. The van der Waals surface area contributed by atoms with E-state index in [1.54, 1.807) is 13.8 Å². The SMILES string of the molecule is CC(C)[C@H](O)C(=O)CC1Cc2ccc3c(c2)[C@@]2(c4ccccc4NC2O3)c2oc(nc2-c2nc(CO)co2)[C@H](C(C)(C)C)NC1=O. The summed E-state index contributed by atoms with van der Waals surface area (Å²) in [6, 6.07) is 13.0. The summed E-state index contributed by atoms with van der Waals surface area (Å²) < 4.78 is 19.3. The van der Waals surface area contributed by atoms with E-state index >= 15 is 0 Å². The van der Waals surface area contributed by atoms with Gasteiger partial charge in [-0.25, -0.2) is 9.97 Å². The van der Waals surface area contributed by atoms with Crippen LogP contribution in [0.3, 0.4) is 0 Å². The van der Waals surface area contributed by atoms with Crippen LogP contribution in [0.5, 0.6) is 5.75 Å². The van der Waals surface area contributed by atoms with E-state index in [1.165, 1.54) is 6.26 Å². The van der Waals surface area contributed by atoms with Crippen LogP contribution in [-0.4, -0.2) is 44.2 Å². The number of rotatable bonds is 6. The van der Waals surface area contributed by atoms with Crippen LogP contribution in [0.25, 0.3) is 11.6 Å². The molecule has 4 bridgehead atoms. The van der Waals surface area contributed by atoms with Gasteiger partial charge in [0.15, 0.2) is 23.5 Å². The number of anilines is 1. The molecule has 0 radical (unpaired) electrons. The maximum Gasteiger partial charge on any atom is 0.249 e. The fourth-order valence-electron chi connectivity index (χ4n) is 6.90. The molecule has 2 aromatic heterocycles. The van der Waals surface area contributed by atoms with Gasteiger partial charge in [-0.15, -0.1) is 0 Å². The lowest BCUT2D eigenvalue weighted by molar-refractivity contribution is -0.135. The summed E-state index contributed by atoms with van der Waals surface area (Å²) in [5, 5.41) is 27.1. The van der Waals surface area contributed by atoms with E-state index in [2.05, 4.69) is 15.6 Å². The van der Waals surface area contributed by atoms with E-state index in [0.717, 1.165) is 22.4 Å². The summed E-state index contributed by atoms with van der Waals surface area (Å²) in [5.74, 6) is -0.294. The van der Waals surface area contributed by atoms with Crippen LogP contribution in [0, 0.1) is 17.3 Å². The Kier molecular flexibility index (Phi) is 7.09. The maximum atomic E-state index is 14.1.